The average Bonchev–Trinajstić information content (AvgIpc) is 2.32. The molecule has 0 amide bonds. The van der Waals surface area contributed by atoms with Gasteiger partial charge in [0.1, 0.15) is 11.4 Å². The predicted molar refractivity (Wildman–Crippen MR) is 84.5 cm³/mol. The molecule has 0 fully saturated rings. The third-order valence-corrected chi connectivity index (χ3v) is 4.77. The van der Waals surface area contributed by atoms with Gasteiger partial charge in [-0.3, -0.25) is 0 Å². The van der Waals surface area contributed by atoms with Crippen molar-refractivity contribution in [1.29, 1.82) is 0 Å². The first-order chi connectivity index (χ1) is 8.85. The number of halogens is 3. The van der Waals surface area contributed by atoms with E-state index in [0.717, 1.165) is 29.4 Å². The van der Waals surface area contributed by atoms with Gasteiger partial charge in [-0.2, -0.15) is 0 Å². The molecule has 5 heteroatoms. The van der Waals surface area contributed by atoms with Crippen LogP contribution in [0, 0.1) is 0 Å². The van der Waals surface area contributed by atoms with Crippen molar-refractivity contribution < 1.29 is 4.74 Å². The SMILES string of the molecule is CCCNC1CC(C)(C)Oc2c(Cl)cc(Br)c(Cl)c21. The van der Waals surface area contributed by atoms with Crippen molar-refractivity contribution in [1.82, 2.24) is 5.32 Å². The van der Waals surface area contributed by atoms with Gasteiger partial charge >= 0.3 is 0 Å². The van der Waals surface area contributed by atoms with Crippen molar-refractivity contribution in [2.24, 2.45) is 0 Å². The maximum Gasteiger partial charge on any atom is 0.145 e. The monoisotopic (exact) mass is 365 g/mol. The quantitative estimate of drug-likeness (QED) is 0.727. The molecular weight excluding hydrogens is 349 g/mol. The molecule has 0 radical (unpaired) electrons. The lowest BCUT2D eigenvalue weighted by Crippen LogP contribution is -2.40. The van der Waals surface area contributed by atoms with E-state index in [-0.39, 0.29) is 11.6 Å². The first-order valence-electron chi connectivity index (χ1n) is 6.45. The molecule has 1 aromatic rings. The standard InChI is InChI=1S/C14H18BrCl2NO/c1-4-5-18-10-7-14(2,3)19-13-9(16)6-8(15)12(17)11(10)13/h6,10,18H,4-5,7H2,1-3H3. The molecule has 1 aromatic carbocycles. The Balaban J connectivity index is 2.50. The third kappa shape index (κ3) is 3.21. The molecule has 1 unspecified atom stereocenters. The van der Waals surface area contributed by atoms with E-state index in [1.54, 1.807) is 6.07 Å². The molecule has 0 aliphatic carbocycles. The van der Waals surface area contributed by atoms with E-state index in [9.17, 15) is 0 Å². The molecule has 0 bridgehead atoms. The third-order valence-electron chi connectivity index (χ3n) is 3.22. The smallest absolute Gasteiger partial charge is 0.145 e. The zero-order valence-electron chi connectivity index (χ0n) is 11.3. The minimum absolute atomic E-state index is 0.168. The molecule has 1 N–H and O–H groups in total. The molecule has 1 heterocycles. The van der Waals surface area contributed by atoms with E-state index in [4.69, 9.17) is 27.9 Å². The van der Waals surface area contributed by atoms with Crippen LogP contribution in [-0.2, 0) is 0 Å². The fourth-order valence-corrected chi connectivity index (χ4v) is 3.51. The van der Waals surface area contributed by atoms with Crippen molar-refractivity contribution in [2.45, 2.75) is 45.3 Å². The summed E-state index contributed by atoms with van der Waals surface area (Å²) >= 11 is 16.2. The van der Waals surface area contributed by atoms with Gasteiger partial charge in [-0.1, -0.05) is 30.1 Å². The predicted octanol–water partition coefficient (Wildman–Crippen LogP) is 5.36. The molecule has 1 aliphatic rings. The number of rotatable bonds is 3. The highest BCUT2D eigenvalue weighted by molar-refractivity contribution is 9.10. The minimum atomic E-state index is -0.251. The summed E-state index contributed by atoms with van der Waals surface area (Å²) in [5.74, 6) is 0.708. The maximum atomic E-state index is 6.42. The molecule has 106 valence electrons. The van der Waals surface area contributed by atoms with Gasteiger partial charge in [0.05, 0.1) is 10.0 Å². The van der Waals surface area contributed by atoms with Gasteiger partial charge in [-0.05, 0) is 48.8 Å². The van der Waals surface area contributed by atoms with Crippen LogP contribution in [0.4, 0.5) is 0 Å². The van der Waals surface area contributed by atoms with Crippen LogP contribution in [0.3, 0.4) is 0 Å². The highest BCUT2D eigenvalue weighted by Crippen LogP contribution is 2.49. The summed E-state index contributed by atoms with van der Waals surface area (Å²) in [7, 11) is 0. The Bertz CT molecular complexity index is 491. The first kappa shape index (κ1) is 15.4. The fraction of sp³-hybridized carbons (Fsp3) is 0.571. The van der Waals surface area contributed by atoms with Gasteiger partial charge in [0.15, 0.2) is 0 Å². The lowest BCUT2D eigenvalue weighted by Gasteiger charge is -2.39. The molecule has 0 saturated carbocycles. The average molecular weight is 367 g/mol. The van der Waals surface area contributed by atoms with Crippen molar-refractivity contribution in [2.75, 3.05) is 6.54 Å². The van der Waals surface area contributed by atoms with E-state index in [2.05, 4.69) is 42.0 Å². The largest absolute Gasteiger partial charge is 0.486 e. The molecule has 0 aromatic heterocycles. The molecule has 1 aliphatic heterocycles. The van der Waals surface area contributed by atoms with Crippen LogP contribution < -0.4 is 10.1 Å². The van der Waals surface area contributed by atoms with Crippen LogP contribution >= 0.6 is 39.1 Å². The molecule has 0 spiro atoms. The van der Waals surface area contributed by atoms with E-state index >= 15 is 0 Å². The maximum absolute atomic E-state index is 6.42. The Morgan fingerprint density at radius 2 is 2.16 bits per heavy atom. The van der Waals surface area contributed by atoms with Gasteiger partial charge in [0.2, 0.25) is 0 Å². The highest BCUT2D eigenvalue weighted by Gasteiger charge is 2.36. The van der Waals surface area contributed by atoms with Crippen LogP contribution in [-0.4, -0.2) is 12.1 Å². The first-order valence-corrected chi connectivity index (χ1v) is 8.00. The second-order valence-electron chi connectivity index (χ2n) is 5.47. The fourth-order valence-electron chi connectivity index (χ4n) is 2.42. The van der Waals surface area contributed by atoms with Gasteiger partial charge in [0, 0.05) is 22.5 Å². The Hall–Kier alpha value is 0.0400. The van der Waals surface area contributed by atoms with E-state index in [0.29, 0.717) is 15.8 Å². The van der Waals surface area contributed by atoms with Gasteiger partial charge in [-0.15, -0.1) is 0 Å². The number of nitrogens with one attached hydrogen (secondary N) is 1. The van der Waals surface area contributed by atoms with Crippen molar-refractivity contribution in [3.63, 3.8) is 0 Å². The Kier molecular flexibility index (Phi) is 4.71. The van der Waals surface area contributed by atoms with Crippen molar-refractivity contribution >= 4 is 39.1 Å². The highest BCUT2D eigenvalue weighted by atomic mass is 79.9. The summed E-state index contributed by atoms with van der Waals surface area (Å²) in [6.07, 6.45) is 1.94. The van der Waals surface area contributed by atoms with Crippen LogP contribution in [0.15, 0.2) is 10.5 Å². The van der Waals surface area contributed by atoms with Crippen LogP contribution in [0.25, 0.3) is 0 Å². The lowest BCUT2D eigenvalue weighted by molar-refractivity contribution is 0.0663. The van der Waals surface area contributed by atoms with E-state index in [1.165, 1.54) is 0 Å². The summed E-state index contributed by atoms with van der Waals surface area (Å²) in [4.78, 5) is 0. The number of hydrogen-bond acceptors (Lipinski definition) is 2. The molecule has 0 saturated heterocycles. The van der Waals surface area contributed by atoms with Crippen LogP contribution in [0.2, 0.25) is 10.0 Å². The van der Waals surface area contributed by atoms with Crippen molar-refractivity contribution in [3.8, 4) is 5.75 Å². The Morgan fingerprint density at radius 1 is 1.47 bits per heavy atom. The number of benzene rings is 1. The second kappa shape index (κ2) is 5.80. The van der Waals surface area contributed by atoms with Crippen LogP contribution in [0.1, 0.15) is 45.2 Å². The molecular formula is C14H18BrCl2NO. The summed E-state index contributed by atoms with van der Waals surface area (Å²) in [5.41, 5.74) is 0.716. The van der Waals surface area contributed by atoms with Crippen LogP contribution in [0.5, 0.6) is 5.75 Å². The second-order valence-corrected chi connectivity index (χ2v) is 7.11. The molecule has 2 rings (SSSR count). The number of ether oxygens (including phenoxy) is 1. The topological polar surface area (TPSA) is 21.3 Å². The van der Waals surface area contributed by atoms with Gasteiger partial charge in [-0.25, -0.2) is 0 Å². The summed E-state index contributed by atoms with van der Waals surface area (Å²) < 4.78 is 6.83. The lowest BCUT2D eigenvalue weighted by atomic mass is 9.89. The number of fused-ring (bicyclic) bond motifs is 1. The van der Waals surface area contributed by atoms with Gasteiger partial charge in [0.25, 0.3) is 0 Å². The number of hydrogen-bond donors (Lipinski definition) is 1. The Labute approximate surface area is 132 Å². The summed E-state index contributed by atoms with van der Waals surface area (Å²) in [6.45, 7) is 7.24. The molecule has 2 nitrogen and oxygen atoms in total. The zero-order valence-corrected chi connectivity index (χ0v) is 14.4. The molecule has 19 heavy (non-hydrogen) atoms. The Morgan fingerprint density at radius 3 is 2.79 bits per heavy atom. The summed E-state index contributed by atoms with van der Waals surface area (Å²) in [5, 5.41) is 4.82. The summed E-state index contributed by atoms with van der Waals surface area (Å²) in [6, 6.07) is 1.96. The van der Waals surface area contributed by atoms with Crippen molar-refractivity contribution in [3.05, 3.63) is 26.1 Å². The zero-order chi connectivity index (χ0) is 14.2. The van der Waals surface area contributed by atoms with E-state index < -0.39 is 0 Å². The molecule has 1 atom stereocenters. The minimum Gasteiger partial charge on any atom is -0.486 e. The normalized spacial score (nSPS) is 20.8. The van der Waals surface area contributed by atoms with Gasteiger partial charge < -0.3 is 10.1 Å². The van der Waals surface area contributed by atoms with E-state index in [1.807, 2.05) is 0 Å².